The summed E-state index contributed by atoms with van der Waals surface area (Å²) in [6.45, 7) is 6.52. The van der Waals surface area contributed by atoms with E-state index in [-0.39, 0.29) is 31.1 Å². The van der Waals surface area contributed by atoms with Crippen LogP contribution in [0.3, 0.4) is 0 Å². The Labute approximate surface area is 496 Å². The van der Waals surface area contributed by atoms with Gasteiger partial charge in [-0.15, -0.1) is 0 Å². The average Bonchev–Trinajstić information content (AvgIpc) is 3.46. The van der Waals surface area contributed by atoms with E-state index in [0.29, 0.717) is 19.3 Å². The number of rotatable bonds is 63. The number of unbranched alkanes of at least 4 members (excludes halogenated alkanes) is 38. The van der Waals surface area contributed by atoms with Gasteiger partial charge in [0.1, 0.15) is 13.2 Å². The molecule has 0 aromatic carbocycles. The standard InChI is InChI=1S/C74H130O6/c1-4-7-10-13-16-19-22-25-27-29-31-32-33-34-35-36-37-38-39-40-41-42-43-45-46-49-52-55-58-61-64-67-73(76)79-70-71(69-78-72(75)66-63-60-57-54-51-48-24-21-18-15-12-9-6-3)80-74(77)68-65-62-59-56-53-50-47-44-30-28-26-23-20-17-14-11-8-5-2/h9,12,18,21-22,25,28-31,33-34,48,51,71H,4-8,10-11,13-17,19-20,23-24,26-27,32,35-47,49-50,52-70H2,1-3H3/b12-9-,21-18-,25-22-,30-28-,31-29-,34-33-,51-48-. The summed E-state index contributed by atoms with van der Waals surface area (Å²) in [6, 6.07) is 0. The second kappa shape index (κ2) is 68.1. The number of ether oxygens (including phenoxy) is 3. The second-order valence-electron chi connectivity index (χ2n) is 23.1. The van der Waals surface area contributed by atoms with Crippen LogP contribution in [-0.2, 0) is 28.6 Å². The Balaban J connectivity index is 4.21. The molecule has 1 atom stereocenters. The van der Waals surface area contributed by atoms with Crippen molar-refractivity contribution in [2.75, 3.05) is 13.2 Å². The maximum absolute atomic E-state index is 12.9. The molecule has 0 aliphatic heterocycles. The minimum Gasteiger partial charge on any atom is -0.462 e. The first-order valence-corrected chi connectivity index (χ1v) is 34.6. The van der Waals surface area contributed by atoms with E-state index in [9.17, 15) is 14.4 Å². The van der Waals surface area contributed by atoms with Gasteiger partial charge in [0.15, 0.2) is 6.10 Å². The van der Waals surface area contributed by atoms with Gasteiger partial charge >= 0.3 is 17.9 Å². The van der Waals surface area contributed by atoms with Crippen LogP contribution in [-0.4, -0.2) is 37.2 Å². The van der Waals surface area contributed by atoms with Crippen LogP contribution in [0.5, 0.6) is 0 Å². The first kappa shape index (κ1) is 76.6. The zero-order valence-electron chi connectivity index (χ0n) is 53.1. The van der Waals surface area contributed by atoms with E-state index in [4.69, 9.17) is 14.2 Å². The molecule has 0 rings (SSSR count). The lowest BCUT2D eigenvalue weighted by atomic mass is 10.0. The molecule has 1 unspecified atom stereocenters. The van der Waals surface area contributed by atoms with Gasteiger partial charge in [-0.25, -0.2) is 0 Å². The lowest BCUT2D eigenvalue weighted by Gasteiger charge is -2.18. The van der Waals surface area contributed by atoms with Crippen molar-refractivity contribution >= 4 is 17.9 Å². The van der Waals surface area contributed by atoms with Crippen LogP contribution >= 0.6 is 0 Å². The van der Waals surface area contributed by atoms with Gasteiger partial charge in [-0.1, -0.05) is 298 Å². The number of carbonyl (C=O) groups excluding carboxylic acids is 3. The quantitative estimate of drug-likeness (QED) is 0.0261. The van der Waals surface area contributed by atoms with E-state index >= 15 is 0 Å². The largest absolute Gasteiger partial charge is 0.462 e. The van der Waals surface area contributed by atoms with Crippen LogP contribution in [0.2, 0.25) is 0 Å². The molecule has 80 heavy (non-hydrogen) atoms. The first-order chi connectivity index (χ1) is 39.5. The van der Waals surface area contributed by atoms with Gasteiger partial charge in [-0.05, 0) is 116 Å². The van der Waals surface area contributed by atoms with Crippen molar-refractivity contribution in [2.24, 2.45) is 0 Å². The number of allylic oxidation sites excluding steroid dienone is 14. The third-order valence-electron chi connectivity index (χ3n) is 15.1. The molecular formula is C74H130O6. The molecule has 0 aliphatic carbocycles. The Morgan fingerprint density at radius 1 is 0.263 bits per heavy atom. The highest BCUT2D eigenvalue weighted by Crippen LogP contribution is 2.17. The number of hydrogen-bond donors (Lipinski definition) is 0. The van der Waals surface area contributed by atoms with E-state index in [1.54, 1.807) is 0 Å². The van der Waals surface area contributed by atoms with E-state index in [0.717, 1.165) is 96.3 Å². The second-order valence-corrected chi connectivity index (χ2v) is 23.1. The highest BCUT2D eigenvalue weighted by atomic mass is 16.6. The monoisotopic (exact) mass is 1110 g/mol. The summed E-state index contributed by atoms with van der Waals surface area (Å²) in [5, 5.41) is 0. The van der Waals surface area contributed by atoms with Gasteiger partial charge in [-0.2, -0.15) is 0 Å². The third-order valence-corrected chi connectivity index (χ3v) is 15.1. The lowest BCUT2D eigenvalue weighted by molar-refractivity contribution is -0.167. The van der Waals surface area contributed by atoms with Gasteiger partial charge in [0.2, 0.25) is 0 Å². The molecular weight excluding hydrogens is 985 g/mol. The minimum absolute atomic E-state index is 0.0854. The Kier molecular flexibility index (Phi) is 65.2. The summed E-state index contributed by atoms with van der Waals surface area (Å²) in [6.07, 6.45) is 90.5. The number of esters is 3. The normalized spacial score (nSPS) is 12.6. The molecule has 0 fully saturated rings. The smallest absolute Gasteiger partial charge is 0.306 e. The number of hydrogen-bond acceptors (Lipinski definition) is 6. The molecule has 0 N–H and O–H groups in total. The Hall–Kier alpha value is -3.41. The summed E-state index contributed by atoms with van der Waals surface area (Å²) in [4.78, 5) is 38.3. The molecule has 0 bridgehead atoms. The summed E-state index contributed by atoms with van der Waals surface area (Å²) < 4.78 is 16.9. The molecule has 0 spiro atoms. The van der Waals surface area contributed by atoms with Crippen LogP contribution < -0.4 is 0 Å². The highest BCUT2D eigenvalue weighted by molar-refractivity contribution is 5.71. The van der Waals surface area contributed by atoms with Crippen LogP contribution in [0.4, 0.5) is 0 Å². The molecule has 462 valence electrons. The third kappa shape index (κ3) is 65.4. The Morgan fingerprint density at radius 3 is 0.787 bits per heavy atom. The fourth-order valence-electron chi connectivity index (χ4n) is 9.93. The molecule has 6 nitrogen and oxygen atoms in total. The van der Waals surface area contributed by atoms with Gasteiger partial charge in [0.05, 0.1) is 0 Å². The van der Waals surface area contributed by atoms with Gasteiger partial charge in [-0.3, -0.25) is 14.4 Å². The van der Waals surface area contributed by atoms with Crippen molar-refractivity contribution in [3.63, 3.8) is 0 Å². The Morgan fingerprint density at radius 2 is 0.487 bits per heavy atom. The van der Waals surface area contributed by atoms with Crippen molar-refractivity contribution < 1.29 is 28.6 Å². The molecule has 0 saturated carbocycles. The average molecular weight is 1120 g/mol. The SMILES string of the molecule is CC/C=C\C/C=C\C/C=C\CCCCCC(=O)OCC(COC(=O)CCCCCCCCCCCCCCCCCC/C=C\C/C=C\C/C=C\CCCCCCC)OC(=O)CCCCCCCCC/C=C\CCCCCCCCC. The summed E-state index contributed by atoms with van der Waals surface area (Å²) in [5.41, 5.74) is 0. The highest BCUT2D eigenvalue weighted by Gasteiger charge is 2.19. The van der Waals surface area contributed by atoms with Gasteiger partial charge in [0.25, 0.3) is 0 Å². The van der Waals surface area contributed by atoms with Crippen molar-refractivity contribution in [1.29, 1.82) is 0 Å². The zero-order valence-corrected chi connectivity index (χ0v) is 53.1. The van der Waals surface area contributed by atoms with E-state index < -0.39 is 6.10 Å². The van der Waals surface area contributed by atoms with E-state index in [1.807, 2.05) is 0 Å². The van der Waals surface area contributed by atoms with Crippen LogP contribution in [0.25, 0.3) is 0 Å². The van der Waals surface area contributed by atoms with E-state index in [1.165, 1.54) is 212 Å². The van der Waals surface area contributed by atoms with Gasteiger partial charge < -0.3 is 14.2 Å². The maximum atomic E-state index is 12.9. The zero-order chi connectivity index (χ0) is 57.8. The van der Waals surface area contributed by atoms with Crippen LogP contribution in [0, 0.1) is 0 Å². The molecule has 0 amide bonds. The molecule has 6 heteroatoms. The van der Waals surface area contributed by atoms with Crippen molar-refractivity contribution in [3.05, 3.63) is 85.1 Å². The predicted molar refractivity (Wildman–Crippen MR) is 348 cm³/mol. The molecule has 0 aromatic rings. The molecule has 0 aromatic heterocycles. The lowest BCUT2D eigenvalue weighted by Crippen LogP contribution is -2.30. The fourth-order valence-corrected chi connectivity index (χ4v) is 9.93. The summed E-state index contributed by atoms with van der Waals surface area (Å²) >= 11 is 0. The fraction of sp³-hybridized carbons (Fsp3) is 0.770. The predicted octanol–water partition coefficient (Wildman–Crippen LogP) is 23.8. The van der Waals surface area contributed by atoms with Crippen LogP contribution in [0.15, 0.2) is 85.1 Å². The maximum Gasteiger partial charge on any atom is 0.306 e. The number of carbonyl (C=O) groups is 3. The van der Waals surface area contributed by atoms with Crippen LogP contribution in [0.1, 0.15) is 348 Å². The molecule has 0 saturated heterocycles. The van der Waals surface area contributed by atoms with Gasteiger partial charge in [0, 0.05) is 19.3 Å². The Bertz CT molecular complexity index is 1520. The summed E-state index contributed by atoms with van der Waals surface area (Å²) in [5.74, 6) is -0.906. The van der Waals surface area contributed by atoms with Crippen molar-refractivity contribution in [1.82, 2.24) is 0 Å². The first-order valence-electron chi connectivity index (χ1n) is 34.6. The van der Waals surface area contributed by atoms with Crippen molar-refractivity contribution in [2.45, 2.75) is 354 Å². The minimum atomic E-state index is -0.791. The topological polar surface area (TPSA) is 78.9 Å². The van der Waals surface area contributed by atoms with Crippen molar-refractivity contribution in [3.8, 4) is 0 Å². The molecule has 0 heterocycles. The molecule has 0 aliphatic rings. The molecule has 0 radical (unpaired) electrons. The summed E-state index contributed by atoms with van der Waals surface area (Å²) in [7, 11) is 0. The van der Waals surface area contributed by atoms with E-state index in [2.05, 4.69) is 106 Å².